The predicted molar refractivity (Wildman–Crippen MR) is 122 cm³/mol. The van der Waals surface area contributed by atoms with Crippen molar-refractivity contribution >= 4 is 5.69 Å². The molecule has 2 aromatic carbocycles. The van der Waals surface area contributed by atoms with Gasteiger partial charge in [0.15, 0.2) is 11.5 Å². The number of nitrogens with one attached hydrogen (secondary N) is 2. The highest BCUT2D eigenvalue weighted by Gasteiger charge is 2.20. The molecular weight excluding hydrogens is 406 g/mol. The highest BCUT2D eigenvalue weighted by Crippen LogP contribution is 2.32. The van der Waals surface area contributed by atoms with Crippen LogP contribution in [0, 0.1) is 0 Å². The summed E-state index contributed by atoms with van der Waals surface area (Å²) in [6.45, 7) is 4.79. The number of pyridine rings is 1. The lowest BCUT2D eigenvalue weighted by atomic mass is 10.1. The quantitative estimate of drug-likeness (QED) is 0.524. The minimum Gasteiger partial charge on any atom is -0.454 e. The van der Waals surface area contributed by atoms with Gasteiger partial charge in [-0.15, -0.1) is 0 Å². The van der Waals surface area contributed by atoms with Gasteiger partial charge >= 0.3 is 0 Å². The van der Waals surface area contributed by atoms with Gasteiger partial charge in [-0.1, -0.05) is 18.2 Å². The van der Waals surface area contributed by atoms with Gasteiger partial charge in [-0.25, -0.2) is 4.98 Å². The number of nitrogen functional groups attached to an aromatic ring is 1. The first kappa shape index (κ1) is 20.6. The van der Waals surface area contributed by atoms with Gasteiger partial charge in [0.1, 0.15) is 5.75 Å². The normalized spacial score (nSPS) is 17.9. The smallest absolute Gasteiger partial charge is 0.231 e. The summed E-state index contributed by atoms with van der Waals surface area (Å²) in [5.74, 6) is 2.94. The molecular formula is C24H27N5O3. The van der Waals surface area contributed by atoms with Crippen molar-refractivity contribution in [3.8, 4) is 23.1 Å². The number of anilines is 1. The topological polar surface area (TPSA) is 93.9 Å². The number of aromatic nitrogens is 1. The molecule has 3 heterocycles. The van der Waals surface area contributed by atoms with E-state index in [1.807, 2.05) is 24.3 Å². The Balaban J connectivity index is 1.14. The molecule has 0 aliphatic carbocycles. The molecule has 1 saturated heterocycles. The molecule has 1 fully saturated rings. The summed E-state index contributed by atoms with van der Waals surface area (Å²) >= 11 is 0. The number of ether oxygens (including phenoxy) is 3. The van der Waals surface area contributed by atoms with Crippen LogP contribution < -0.4 is 30.6 Å². The van der Waals surface area contributed by atoms with Crippen LogP contribution in [0.1, 0.15) is 11.1 Å². The second-order valence-electron chi connectivity index (χ2n) is 7.99. The highest BCUT2D eigenvalue weighted by molar-refractivity contribution is 5.44. The Labute approximate surface area is 187 Å². The average Bonchev–Trinajstić information content (AvgIpc) is 3.28. The summed E-state index contributed by atoms with van der Waals surface area (Å²) in [4.78, 5) is 6.63. The second kappa shape index (κ2) is 9.44. The molecule has 3 aromatic rings. The molecule has 32 heavy (non-hydrogen) atoms. The van der Waals surface area contributed by atoms with Crippen LogP contribution >= 0.6 is 0 Å². The van der Waals surface area contributed by atoms with Crippen molar-refractivity contribution < 1.29 is 14.2 Å². The van der Waals surface area contributed by atoms with Crippen LogP contribution in [-0.4, -0.2) is 42.5 Å². The molecule has 0 spiro atoms. The average molecular weight is 434 g/mol. The largest absolute Gasteiger partial charge is 0.454 e. The van der Waals surface area contributed by atoms with Crippen molar-refractivity contribution in [1.82, 2.24) is 20.5 Å². The van der Waals surface area contributed by atoms with Gasteiger partial charge in [-0.2, -0.15) is 0 Å². The number of nitrogens with zero attached hydrogens (tertiary/aromatic N) is 2. The molecule has 0 radical (unpaired) electrons. The number of hydrogen-bond donors (Lipinski definition) is 3. The van der Waals surface area contributed by atoms with Crippen LogP contribution in [0.3, 0.4) is 0 Å². The monoisotopic (exact) mass is 433 g/mol. The van der Waals surface area contributed by atoms with Crippen LogP contribution in [0.2, 0.25) is 0 Å². The molecule has 0 bridgehead atoms. The van der Waals surface area contributed by atoms with Gasteiger partial charge in [-0.3, -0.25) is 15.5 Å². The number of piperazine rings is 1. The zero-order chi connectivity index (χ0) is 21.8. The fourth-order valence-corrected chi connectivity index (χ4v) is 3.92. The van der Waals surface area contributed by atoms with E-state index in [1.54, 1.807) is 18.3 Å². The Morgan fingerprint density at radius 2 is 2.03 bits per heavy atom. The molecule has 0 saturated carbocycles. The van der Waals surface area contributed by atoms with Crippen LogP contribution in [0.5, 0.6) is 23.1 Å². The van der Waals surface area contributed by atoms with Crippen molar-refractivity contribution in [2.45, 2.75) is 19.3 Å². The van der Waals surface area contributed by atoms with Crippen LogP contribution in [0.15, 0.2) is 60.8 Å². The molecule has 5 rings (SSSR count). The van der Waals surface area contributed by atoms with E-state index in [9.17, 15) is 0 Å². The first-order valence-corrected chi connectivity index (χ1v) is 10.8. The van der Waals surface area contributed by atoms with Gasteiger partial charge in [0.05, 0.1) is 18.1 Å². The van der Waals surface area contributed by atoms with Crippen molar-refractivity contribution in [3.05, 3.63) is 71.9 Å². The maximum Gasteiger partial charge on any atom is 0.231 e. The van der Waals surface area contributed by atoms with E-state index in [4.69, 9.17) is 19.9 Å². The third-order valence-electron chi connectivity index (χ3n) is 5.54. The van der Waals surface area contributed by atoms with Crippen LogP contribution in [-0.2, 0) is 13.1 Å². The number of rotatable bonds is 7. The van der Waals surface area contributed by atoms with E-state index in [0.29, 0.717) is 18.4 Å². The number of fused-ring (bicyclic) bond motifs is 1. The lowest BCUT2D eigenvalue weighted by Crippen LogP contribution is -2.56. The molecule has 0 amide bonds. The first-order valence-electron chi connectivity index (χ1n) is 10.8. The molecule has 8 heteroatoms. The van der Waals surface area contributed by atoms with Crippen LogP contribution in [0.4, 0.5) is 5.69 Å². The van der Waals surface area contributed by atoms with E-state index < -0.39 is 0 Å². The highest BCUT2D eigenvalue weighted by atomic mass is 16.7. The standard InChI is InChI=1S/C24H27N5O3/c25-19-5-7-24(28-13-19)32-20-3-1-2-17(10-20)12-27-23-15-29(9-8-26-23)14-18-4-6-21-22(11-18)31-16-30-21/h1-7,10-11,13,23,26-27H,8-9,12,14-16,25H2. The molecule has 1 unspecified atom stereocenters. The van der Waals surface area contributed by atoms with Crippen LogP contribution in [0.25, 0.3) is 0 Å². The maximum atomic E-state index is 5.84. The summed E-state index contributed by atoms with van der Waals surface area (Å²) in [5, 5.41) is 7.16. The molecule has 1 atom stereocenters. The van der Waals surface area contributed by atoms with E-state index in [-0.39, 0.29) is 6.17 Å². The Morgan fingerprint density at radius 1 is 1.09 bits per heavy atom. The van der Waals surface area contributed by atoms with Gasteiger partial charge < -0.3 is 19.9 Å². The SMILES string of the molecule is Nc1ccc(Oc2cccc(CNC3CN(Cc4ccc5c(c4)OCO5)CCN3)c2)nc1. The van der Waals surface area contributed by atoms with Gasteiger partial charge in [0.2, 0.25) is 12.7 Å². The summed E-state index contributed by atoms with van der Waals surface area (Å²) in [6.07, 6.45) is 1.80. The minimum atomic E-state index is 0.209. The third kappa shape index (κ3) is 5.11. The summed E-state index contributed by atoms with van der Waals surface area (Å²) in [5.41, 5.74) is 8.67. The Kier molecular flexibility index (Phi) is 6.06. The van der Waals surface area contributed by atoms with E-state index >= 15 is 0 Å². The van der Waals surface area contributed by atoms with Crippen molar-refractivity contribution in [3.63, 3.8) is 0 Å². The Bertz CT molecular complexity index is 1060. The van der Waals surface area contributed by atoms with Crippen molar-refractivity contribution in [1.29, 1.82) is 0 Å². The first-order chi connectivity index (χ1) is 15.7. The fraction of sp³-hybridized carbons (Fsp3) is 0.292. The number of hydrogen-bond acceptors (Lipinski definition) is 8. The molecule has 4 N–H and O–H groups in total. The molecule has 8 nitrogen and oxygen atoms in total. The van der Waals surface area contributed by atoms with E-state index in [0.717, 1.165) is 55.5 Å². The van der Waals surface area contributed by atoms with Gasteiger partial charge in [-0.05, 0) is 41.5 Å². The second-order valence-corrected chi connectivity index (χ2v) is 7.99. The summed E-state index contributed by atoms with van der Waals surface area (Å²) < 4.78 is 16.8. The number of benzene rings is 2. The molecule has 2 aliphatic heterocycles. The zero-order valence-electron chi connectivity index (χ0n) is 17.8. The summed E-state index contributed by atoms with van der Waals surface area (Å²) in [7, 11) is 0. The Hall–Kier alpha value is -3.33. The summed E-state index contributed by atoms with van der Waals surface area (Å²) in [6, 6.07) is 17.7. The van der Waals surface area contributed by atoms with E-state index in [1.165, 1.54) is 5.56 Å². The fourth-order valence-electron chi connectivity index (χ4n) is 3.92. The lowest BCUT2D eigenvalue weighted by Gasteiger charge is -2.34. The third-order valence-corrected chi connectivity index (χ3v) is 5.54. The number of nitrogens with two attached hydrogens (primary N) is 1. The van der Waals surface area contributed by atoms with Crippen molar-refractivity contribution in [2.75, 3.05) is 32.2 Å². The molecule has 1 aromatic heterocycles. The predicted octanol–water partition coefficient (Wildman–Crippen LogP) is 2.71. The molecule has 2 aliphatic rings. The van der Waals surface area contributed by atoms with Gasteiger partial charge in [0.25, 0.3) is 0 Å². The lowest BCUT2D eigenvalue weighted by molar-refractivity contribution is 0.171. The zero-order valence-corrected chi connectivity index (χ0v) is 17.8. The van der Waals surface area contributed by atoms with Gasteiger partial charge in [0, 0.05) is 38.8 Å². The molecule has 166 valence electrons. The minimum absolute atomic E-state index is 0.209. The van der Waals surface area contributed by atoms with Crippen molar-refractivity contribution in [2.24, 2.45) is 0 Å². The Morgan fingerprint density at radius 3 is 2.94 bits per heavy atom. The maximum absolute atomic E-state index is 5.84. The van der Waals surface area contributed by atoms with E-state index in [2.05, 4.69) is 38.7 Å².